The van der Waals surface area contributed by atoms with E-state index in [1.165, 1.54) is 17.8 Å². The molecule has 0 saturated heterocycles. The summed E-state index contributed by atoms with van der Waals surface area (Å²) >= 11 is 3.26. The molecule has 1 aliphatic carbocycles. The van der Waals surface area contributed by atoms with Crippen LogP contribution >= 0.6 is 22.7 Å². The molecule has 0 aliphatic heterocycles. The van der Waals surface area contributed by atoms with Crippen LogP contribution in [0, 0.1) is 0 Å². The molecule has 2 aromatic rings. The van der Waals surface area contributed by atoms with Crippen LogP contribution in [0.2, 0.25) is 0 Å². The lowest BCUT2D eigenvalue weighted by Crippen LogP contribution is -2.38. The van der Waals surface area contributed by atoms with Crippen LogP contribution in [-0.4, -0.2) is 27.9 Å². The molecule has 5 nitrogen and oxygen atoms in total. The molecule has 7 heteroatoms. The van der Waals surface area contributed by atoms with E-state index in [1.54, 1.807) is 40.8 Å². The fourth-order valence-electron chi connectivity index (χ4n) is 1.99. The van der Waals surface area contributed by atoms with Gasteiger partial charge in [-0.15, -0.1) is 22.7 Å². The molecule has 1 atom stereocenters. The number of nitrogens with one attached hydrogen (secondary N) is 1. The van der Waals surface area contributed by atoms with Crippen molar-refractivity contribution in [1.82, 2.24) is 20.2 Å². The summed E-state index contributed by atoms with van der Waals surface area (Å²) in [6.45, 7) is 2.50. The standard InChI is InChI=1S/C14H18N4OS2/c1-9(11-8-21-13(17-11)10-3-4-10)16-14(19)18(2)7-12-15-5-6-20-12/h5-6,8-10H,3-4,7H2,1-2H3,(H,16,19)/t9-/m1/s1. The molecule has 0 radical (unpaired) electrons. The first-order valence-corrected chi connectivity index (χ1v) is 8.74. The lowest BCUT2D eigenvalue weighted by atomic mass is 10.2. The Balaban J connectivity index is 1.55. The highest BCUT2D eigenvalue weighted by Crippen LogP contribution is 2.41. The van der Waals surface area contributed by atoms with Gasteiger partial charge in [0.2, 0.25) is 0 Å². The summed E-state index contributed by atoms with van der Waals surface area (Å²) in [5.41, 5.74) is 0.956. The van der Waals surface area contributed by atoms with E-state index in [1.807, 2.05) is 12.3 Å². The van der Waals surface area contributed by atoms with Gasteiger partial charge in [0, 0.05) is 29.9 Å². The van der Waals surface area contributed by atoms with Crippen molar-refractivity contribution >= 4 is 28.7 Å². The van der Waals surface area contributed by atoms with Crippen LogP contribution in [0.3, 0.4) is 0 Å². The smallest absolute Gasteiger partial charge is 0.318 e. The predicted molar refractivity (Wildman–Crippen MR) is 84.6 cm³/mol. The molecule has 0 spiro atoms. The van der Waals surface area contributed by atoms with Gasteiger partial charge in [-0.1, -0.05) is 0 Å². The maximum Gasteiger partial charge on any atom is 0.318 e. The summed E-state index contributed by atoms with van der Waals surface area (Å²) in [4.78, 5) is 22.6. The van der Waals surface area contributed by atoms with Crippen LogP contribution in [0.1, 0.15) is 47.4 Å². The van der Waals surface area contributed by atoms with Crippen molar-refractivity contribution in [2.75, 3.05) is 7.05 Å². The zero-order chi connectivity index (χ0) is 14.8. The number of nitrogens with zero attached hydrogens (tertiary/aromatic N) is 3. The van der Waals surface area contributed by atoms with E-state index < -0.39 is 0 Å². The normalized spacial score (nSPS) is 15.7. The number of amides is 2. The van der Waals surface area contributed by atoms with E-state index in [0.717, 1.165) is 10.7 Å². The second-order valence-corrected chi connectivity index (χ2v) is 7.21. The molecule has 1 fully saturated rings. The van der Waals surface area contributed by atoms with Crippen molar-refractivity contribution in [3.8, 4) is 0 Å². The van der Waals surface area contributed by atoms with Crippen LogP contribution in [-0.2, 0) is 6.54 Å². The SMILES string of the molecule is C[C@@H](NC(=O)N(C)Cc1nccs1)c1csc(C2CC2)n1. The largest absolute Gasteiger partial charge is 0.330 e. The molecule has 1 saturated carbocycles. The summed E-state index contributed by atoms with van der Waals surface area (Å²) in [5, 5.41) is 9.10. The molecule has 3 rings (SSSR count). The van der Waals surface area contributed by atoms with Crippen molar-refractivity contribution in [1.29, 1.82) is 0 Å². The van der Waals surface area contributed by atoms with Crippen LogP contribution < -0.4 is 5.32 Å². The molecule has 0 bridgehead atoms. The Bertz CT molecular complexity index is 606. The number of carbonyl (C=O) groups is 1. The Morgan fingerprint density at radius 3 is 3.00 bits per heavy atom. The second-order valence-electron chi connectivity index (χ2n) is 5.34. The quantitative estimate of drug-likeness (QED) is 0.918. The molecule has 112 valence electrons. The van der Waals surface area contributed by atoms with Gasteiger partial charge in [0.15, 0.2) is 0 Å². The van der Waals surface area contributed by atoms with E-state index in [-0.39, 0.29) is 12.1 Å². The van der Waals surface area contributed by atoms with Gasteiger partial charge in [-0.25, -0.2) is 14.8 Å². The van der Waals surface area contributed by atoms with Gasteiger partial charge in [0.05, 0.1) is 23.3 Å². The van der Waals surface area contributed by atoms with Crippen molar-refractivity contribution in [2.24, 2.45) is 0 Å². The lowest BCUT2D eigenvalue weighted by Gasteiger charge is -2.19. The van der Waals surface area contributed by atoms with E-state index >= 15 is 0 Å². The number of thiazole rings is 2. The van der Waals surface area contributed by atoms with Gasteiger partial charge < -0.3 is 10.2 Å². The van der Waals surface area contributed by atoms with Crippen molar-refractivity contribution in [3.63, 3.8) is 0 Å². The van der Waals surface area contributed by atoms with Gasteiger partial charge in [0.1, 0.15) is 5.01 Å². The molecule has 0 aromatic carbocycles. The number of hydrogen-bond acceptors (Lipinski definition) is 5. The molecule has 1 N–H and O–H groups in total. The average Bonchev–Trinajstić information content (AvgIpc) is 2.99. The number of hydrogen-bond donors (Lipinski definition) is 1. The topological polar surface area (TPSA) is 58.1 Å². The zero-order valence-corrected chi connectivity index (χ0v) is 13.7. The monoisotopic (exact) mass is 322 g/mol. The average molecular weight is 322 g/mol. The summed E-state index contributed by atoms with van der Waals surface area (Å²) in [5.74, 6) is 0.666. The summed E-state index contributed by atoms with van der Waals surface area (Å²) < 4.78 is 0. The van der Waals surface area contributed by atoms with Gasteiger partial charge in [-0.2, -0.15) is 0 Å². The first-order valence-electron chi connectivity index (χ1n) is 6.99. The maximum absolute atomic E-state index is 12.2. The first-order chi connectivity index (χ1) is 10.1. The molecule has 2 heterocycles. The Morgan fingerprint density at radius 1 is 1.52 bits per heavy atom. The van der Waals surface area contributed by atoms with E-state index in [9.17, 15) is 4.79 Å². The molecule has 2 amide bonds. The Labute approximate surface area is 132 Å². The Morgan fingerprint density at radius 2 is 2.33 bits per heavy atom. The van der Waals surface area contributed by atoms with Gasteiger partial charge in [-0.3, -0.25) is 0 Å². The molecular weight excluding hydrogens is 304 g/mol. The molecule has 0 unspecified atom stereocenters. The lowest BCUT2D eigenvalue weighted by molar-refractivity contribution is 0.203. The minimum atomic E-state index is -0.0985. The molecule has 1 aliphatic rings. The third-order valence-electron chi connectivity index (χ3n) is 3.45. The molecule has 2 aromatic heterocycles. The highest BCUT2D eigenvalue weighted by atomic mass is 32.1. The van der Waals surface area contributed by atoms with Gasteiger partial charge in [0.25, 0.3) is 0 Å². The van der Waals surface area contributed by atoms with E-state index in [0.29, 0.717) is 12.5 Å². The van der Waals surface area contributed by atoms with Crippen molar-refractivity contribution < 1.29 is 4.79 Å². The van der Waals surface area contributed by atoms with Gasteiger partial charge in [-0.05, 0) is 19.8 Å². The third-order valence-corrected chi connectivity index (χ3v) is 5.24. The minimum absolute atomic E-state index is 0.0694. The predicted octanol–water partition coefficient (Wildman–Crippen LogP) is 3.38. The van der Waals surface area contributed by atoms with Crippen LogP contribution in [0.4, 0.5) is 4.79 Å². The summed E-state index contributed by atoms with van der Waals surface area (Å²) in [7, 11) is 1.78. The first kappa shape index (κ1) is 14.5. The number of aromatic nitrogens is 2. The third kappa shape index (κ3) is 3.59. The highest BCUT2D eigenvalue weighted by Gasteiger charge is 2.27. The van der Waals surface area contributed by atoms with Crippen LogP contribution in [0.25, 0.3) is 0 Å². The zero-order valence-electron chi connectivity index (χ0n) is 12.1. The summed E-state index contributed by atoms with van der Waals surface area (Å²) in [6.07, 6.45) is 4.26. The van der Waals surface area contributed by atoms with Crippen molar-refractivity contribution in [3.05, 3.63) is 32.7 Å². The minimum Gasteiger partial charge on any atom is -0.330 e. The fourth-order valence-corrected chi connectivity index (χ4v) is 3.75. The number of carbonyl (C=O) groups excluding carboxylic acids is 1. The Kier molecular flexibility index (Phi) is 4.21. The van der Waals surface area contributed by atoms with Crippen LogP contribution in [0.5, 0.6) is 0 Å². The van der Waals surface area contributed by atoms with E-state index in [2.05, 4.69) is 20.7 Å². The van der Waals surface area contributed by atoms with Crippen molar-refractivity contribution in [2.45, 2.75) is 38.3 Å². The van der Waals surface area contributed by atoms with Crippen LogP contribution in [0.15, 0.2) is 17.0 Å². The Hall–Kier alpha value is -1.47. The van der Waals surface area contributed by atoms with E-state index in [4.69, 9.17) is 0 Å². The number of urea groups is 1. The van der Waals surface area contributed by atoms with Gasteiger partial charge >= 0.3 is 6.03 Å². The highest BCUT2D eigenvalue weighted by molar-refractivity contribution is 7.10. The molecular formula is C14H18N4OS2. The second kappa shape index (κ2) is 6.11. The summed E-state index contributed by atoms with van der Waals surface area (Å²) in [6, 6.07) is -0.168. The molecule has 21 heavy (non-hydrogen) atoms. The maximum atomic E-state index is 12.2. The fraction of sp³-hybridized carbons (Fsp3) is 0.500. The number of rotatable bonds is 5.